The molecule has 3 heterocycles. The molecule has 0 spiro atoms. The number of carboxylic acids is 1. The number of carbonyl (C=O) groups is 2. The number of carboxylic acid groups (broad SMARTS) is 1. The van der Waals surface area contributed by atoms with Gasteiger partial charge in [-0.25, -0.2) is 4.79 Å². The maximum absolute atomic E-state index is 12.2. The fourth-order valence-electron chi connectivity index (χ4n) is 2.20. The van der Waals surface area contributed by atoms with Crippen molar-refractivity contribution in [1.82, 2.24) is 15.1 Å². The number of aromatic amines is 1. The van der Waals surface area contributed by atoms with E-state index in [4.69, 9.17) is 5.11 Å². The van der Waals surface area contributed by atoms with Gasteiger partial charge in [0.1, 0.15) is 0 Å². The van der Waals surface area contributed by atoms with E-state index in [0.29, 0.717) is 30.0 Å². The van der Waals surface area contributed by atoms with Gasteiger partial charge in [-0.1, -0.05) is 6.07 Å². The third-order valence-corrected chi connectivity index (χ3v) is 4.01. The Morgan fingerprint density at radius 2 is 2.32 bits per heavy atom. The maximum Gasteiger partial charge on any atom is 0.356 e. The van der Waals surface area contributed by atoms with E-state index in [1.165, 1.54) is 11.3 Å². The summed E-state index contributed by atoms with van der Waals surface area (Å²) in [5, 5.41) is 17.4. The minimum Gasteiger partial charge on any atom is -0.476 e. The fourth-order valence-corrected chi connectivity index (χ4v) is 2.89. The number of H-pyrrole nitrogens is 1. The highest BCUT2D eigenvalue weighted by Crippen LogP contribution is 2.23. The smallest absolute Gasteiger partial charge is 0.356 e. The van der Waals surface area contributed by atoms with Gasteiger partial charge in [-0.15, -0.1) is 11.3 Å². The molecule has 2 aromatic rings. The number of amides is 1. The van der Waals surface area contributed by atoms with E-state index >= 15 is 0 Å². The first-order valence-electron chi connectivity index (χ1n) is 5.79. The normalized spacial score (nSPS) is 14.2. The van der Waals surface area contributed by atoms with Gasteiger partial charge in [0.2, 0.25) is 0 Å². The van der Waals surface area contributed by atoms with Crippen LogP contribution < -0.4 is 0 Å². The van der Waals surface area contributed by atoms with Crippen molar-refractivity contribution in [2.75, 3.05) is 6.54 Å². The average Bonchev–Trinajstić information content (AvgIpc) is 3.06. The summed E-state index contributed by atoms with van der Waals surface area (Å²) in [6.07, 6.45) is 0.604. The van der Waals surface area contributed by atoms with Crippen molar-refractivity contribution in [2.24, 2.45) is 0 Å². The van der Waals surface area contributed by atoms with Crippen LogP contribution in [0.15, 0.2) is 17.5 Å². The molecule has 3 rings (SSSR count). The van der Waals surface area contributed by atoms with Crippen LogP contribution in [0.25, 0.3) is 0 Å². The number of nitrogens with zero attached hydrogens (tertiary/aromatic N) is 2. The van der Waals surface area contributed by atoms with Gasteiger partial charge in [0.05, 0.1) is 11.4 Å². The summed E-state index contributed by atoms with van der Waals surface area (Å²) in [6, 6.07) is 3.60. The van der Waals surface area contributed by atoms with E-state index in [2.05, 4.69) is 10.2 Å². The SMILES string of the molecule is O=C(O)c1n[nH]c2c1CN(C(=O)c1cccs1)CC2. The number of aromatic nitrogens is 2. The fraction of sp³-hybridized carbons (Fsp3) is 0.250. The van der Waals surface area contributed by atoms with Gasteiger partial charge in [0.25, 0.3) is 5.91 Å². The number of hydrogen-bond donors (Lipinski definition) is 2. The minimum atomic E-state index is -1.07. The lowest BCUT2D eigenvalue weighted by Crippen LogP contribution is -2.35. The molecule has 6 nitrogen and oxygen atoms in total. The summed E-state index contributed by atoms with van der Waals surface area (Å²) >= 11 is 1.39. The Balaban J connectivity index is 1.87. The van der Waals surface area contributed by atoms with Crippen molar-refractivity contribution >= 4 is 23.2 Å². The monoisotopic (exact) mass is 277 g/mol. The molecule has 1 aliphatic heterocycles. The molecule has 1 amide bonds. The van der Waals surface area contributed by atoms with Gasteiger partial charge in [0, 0.05) is 24.2 Å². The third kappa shape index (κ3) is 2.01. The molecule has 0 atom stereocenters. The van der Waals surface area contributed by atoms with Crippen molar-refractivity contribution in [1.29, 1.82) is 0 Å². The molecule has 0 aromatic carbocycles. The summed E-state index contributed by atoms with van der Waals surface area (Å²) in [7, 11) is 0. The Kier molecular flexibility index (Phi) is 2.83. The highest BCUT2D eigenvalue weighted by atomic mass is 32.1. The van der Waals surface area contributed by atoms with E-state index in [0.717, 1.165) is 5.69 Å². The van der Waals surface area contributed by atoms with Crippen molar-refractivity contribution in [3.63, 3.8) is 0 Å². The molecule has 0 saturated heterocycles. The molecular formula is C12H11N3O3S. The average molecular weight is 277 g/mol. The molecule has 2 N–H and O–H groups in total. The Morgan fingerprint density at radius 3 is 3.00 bits per heavy atom. The molecule has 1 aliphatic rings. The number of fused-ring (bicyclic) bond motifs is 1. The topological polar surface area (TPSA) is 86.3 Å². The lowest BCUT2D eigenvalue weighted by molar-refractivity contribution is 0.0675. The Morgan fingerprint density at radius 1 is 1.47 bits per heavy atom. The zero-order valence-corrected chi connectivity index (χ0v) is 10.7. The van der Waals surface area contributed by atoms with Gasteiger partial charge in [-0.3, -0.25) is 9.89 Å². The highest BCUT2D eigenvalue weighted by Gasteiger charge is 2.28. The quantitative estimate of drug-likeness (QED) is 0.868. The molecule has 0 bridgehead atoms. The lowest BCUT2D eigenvalue weighted by atomic mass is 10.1. The largest absolute Gasteiger partial charge is 0.476 e. The molecule has 19 heavy (non-hydrogen) atoms. The molecule has 7 heteroatoms. The predicted octanol–water partition coefficient (Wildman–Crippen LogP) is 1.37. The summed E-state index contributed by atoms with van der Waals surface area (Å²) < 4.78 is 0. The van der Waals surface area contributed by atoms with E-state index in [1.54, 1.807) is 11.0 Å². The van der Waals surface area contributed by atoms with Crippen LogP contribution in [0.4, 0.5) is 0 Å². The van der Waals surface area contributed by atoms with Crippen LogP contribution in [-0.4, -0.2) is 38.6 Å². The van der Waals surface area contributed by atoms with Crippen LogP contribution in [-0.2, 0) is 13.0 Å². The number of hydrogen-bond acceptors (Lipinski definition) is 4. The Bertz CT molecular complexity index is 633. The number of thiophene rings is 1. The second-order valence-electron chi connectivity index (χ2n) is 4.29. The van der Waals surface area contributed by atoms with Crippen LogP contribution in [0, 0.1) is 0 Å². The second-order valence-corrected chi connectivity index (χ2v) is 5.24. The van der Waals surface area contributed by atoms with Crippen molar-refractivity contribution in [2.45, 2.75) is 13.0 Å². The summed E-state index contributed by atoms with van der Waals surface area (Å²) in [5.41, 5.74) is 1.44. The molecule has 98 valence electrons. The molecule has 0 aliphatic carbocycles. The predicted molar refractivity (Wildman–Crippen MR) is 68.3 cm³/mol. The summed E-state index contributed by atoms with van der Waals surface area (Å²) in [6.45, 7) is 0.870. The van der Waals surface area contributed by atoms with Crippen molar-refractivity contribution in [3.8, 4) is 0 Å². The van der Waals surface area contributed by atoms with Gasteiger partial charge in [0.15, 0.2) is 5.69 Å². The van der Waals surface area contributed by atoms with Gasteiger partial charge >= 0.3 is 5.97 Å². The summed E-state index contributed by atoms with van der Waals surface area (Å²) in [4.78, 5) is 25.6. The van der Waals surface area contributed by atoms with Gasteiger partial charge in [-0.05, 0) is 11.4 Å². The zero-order valence-electron chi connectivity index (χ0n) is 9.92. The Labute approximate surface area is 112 Å². The van der Waals surface area contributed by atoms with Crippen LogP contribution in [0.3, 0.4) is 0 Å². The molecule has 0 unspecified atom stereocenters. The number of carbonyl (C=O) groups excluding carboxylic acids is 1. The molecule has 2 aromatic heterocycles. The first kappa shape index (κ1) is 11.9. The van der Waals surface area contributed by atoms with Crippen LogP contribution in [0.2, 0.25) is 0 Å². The highest BCUT2D eigenvalue weighted by molar-refractivity contribution is 7.12. The Hall–Kier alpha value is -2.15. The van der Waals surface area contributed by atoms with Crippen molar-refractivity contribution in [3.05, 3.63) is 39.3 Å². The lowest BCUT2D eigenvalue weighted by Gasteiger charge is -2.26. The first-order chi connectivity index (χ1) is 9.16. The summed E-state index contributed by atoms with van der Waals surface area (Å²) in [5.74, 6) is -1.12. The van der Waals surface area contributed by atoms with E-state index in [9.17, 15) is 9.59 Å². The standard InChI is InChI=1S/C12H11N3O3S/c16-11(9-2-1-5-19-9)15-4-3-8-7(6-15)10(12(17)18)14-13-8/h1-2,5H,3-4,6H2,(H,13,14)(H,17,18). The van der Waals surface area contributed by atoms with Gasteiger partial charge < -0.3 is 10.0 Å². The van der Waals surface area contributed by atoms with Gasteiger partial charge in [-0.2, -0.15) is 5.10 Å². The molecule has 0 fully saturated rings. The minimum absolute atomic E-state index is 0.0127. The van der Waals surface area contributed by atoms with Crippen LogP contribution >= 0.6 is 11.3 Å². The number of rotatable bonds is 2. The van der Waals surface area contributed by atoms with Crippen molar-refractivity contribution < 1.29 is 14.7 Å². The molecular weight excluding hydrogens is 266 g/mol. The third-order valence-electron chi connectivity index (χ3n) is 3.16. The van der Waals surface area contributed by atoms with Crippen LogP contribution in [0.5, 0.6) is 0 Å². The van der Waals surface area contributed by atoms with E-state index in [1.807, 2.05) is 11.4 Å². The number of aromatic carboxylic acids is 1. The van der Waals surface area contributed by atoms with E-state index < -0.39 is 5.97 Å². The van der Waals surface area contributed by atoms with E-state index in [-0.39, 0.29) is 11.6 Å². The molecule has 0 saturated carbocycles. The maximum atomic E-state index is 12.2. The van der Waals surface area contributed by atoms with Crippen LogP contribution in [0.1, 0.15) is 31.4 Å². The zero-order chi connectivity index (χ0) is 13.4. The number of nitrogens with one attached hydrogen (secondary N) is 1. The second kappa shape index (κ2) is 4.51. The molecule has 0 radical (unpaired) electrons. The first-order valence-corrected chi connectivity index (χ1v) is 6.67.